The van der Waals surface area contributed by atoms with Gasteiger partial charge in [-0.1, -0.05) is 36.4 Å². The van der Waals surface area contributed by atoms with E-state index < -0.39 is 0 Å². The number of thioether (sulfide) groups is 1. The average molecular weight is 356 g/mol. The fourth-order valence-electron chi connectivity index (χ4n) is 4.53. The Morgan fingerprint density at radius 1 is 1.32 bits per heavy atom. The van der Waals surface area contributed by atoms with E-state index in [4.69, 9.17) is 0 Å². The van der Waals surface area contributed by atoms with E-state index in [-0.39, 0.29) is 11.9 Å². The summed E-state index contributed by atoms with van der Waals surface area (Å²) in [6.07, 6.45) is 7.10. The maximum Gasteiger partial charge on any atom is 0.230 e. The van der Waals surface area contributed by atoms with Crippen molar-refractivity contribution in [2.75, 3.05) is 5.75 Å². The maximum atomic E-state index is 12.4. The van der Waals surface area contributed by atoms with Crippen LogP contribution in [0.4, 0.5) is 0 Å². The first-order valence-electron chi connectivity index (χ1n) is 9.08. The van der Waals surface area contributed by atoms with Crippen LogP contribution in [0.2, 0.25) is 0 Å². The molecule has 0 aliphatic heterocycles. The second kappa shape index (κ2) is 7.20. The van der Waals surface area contributed by atoms with Gasteiger partial charge in [-0.15, -0.1) is 10.2 Å². The minimum atomic E-state index is 0.0860. The molecular formula is C19H24N4OS. The third-order valence-corrected chi connectivity index (χ3v) is 6.65. The molecule has 0 saturated heterocycles. The number of nitrogens with zero attached hydrogens (tertiary/aromatic N) is 3. The number of carbonyl (C=O) groups excluding carboxylic acids is 1. The van der Waals surface area contributed by atoms with E-state index in [1.807, 2.05) is 34.9 Å². The van der Waals surface area contributed by atoms with Crippen LogP contribution in [-0.4, -0.2) is 32.5 Å². The largest absolute Gasteiger partial charge is 0.353 e. The minimum Gasteiger partial charge on any atom is -0.353 e. The molecule has 0 spiro atoms. The van der Waals surface area contributed by atoms with Crippen molar-refractivity contribution in [3.05, 3.63) is 36.7 Å². The standard InChI is InChI=1S/C19H24N4OS/c1-13(17-10-14-7-8-15(17)9-14)21-18(24)11-25-19-22-20-12-23(19)16-5-3-2-4-6-16/h2-6,12-15,17H,7-11H2,1H3,(H,21,24)/t13-,14+,15+,17+/m1/s1. The van der Waals surface area contributed by atoms with Gasteiger partial charge in [0.05, 0.1) is 5.75 Å². The van der Waals surface area contributed by atoms with Crippen LogP contribution in [0.3, 0.4) is 0 Å². The third-order valence-electron chi connectivity index (χ3n) is 5.71. The molecule has 2 aromatic rings. The molecule has 4 rings (SSSR count). The van der Waals surface area contributed by atoms with E-state index in [1.165, 1.54) is 37.4 Å². The normalized spacial score (nSPS) is 25.9. The zero-order valence-electron chi connectivity index (χ0n) is 14.5. The average Bonchev–Trinajstić information content (AvgIpc) is 3.37. The maximum absolute atomic E-state index is 12.4. The zero-order valence-corrected chi connectivity index (χ0v) is 15.3. The van der Waals surface area contributed by atoms with Crippen molar-refractivity contribution in [2.45, 2.75) is 43.8 Å². The van der Waals surface area contributed by atoms with E-state index in [1.54, 1.807) is 6.33 Å². The summed E-state index contributed by atoms with van der Waals surface area (Å²) in [5, 5.41) is 12.1. The Hall–Kier alpha value is -1.82. The Morgan fingerprint density at radius 3 is 2.88 bits per heavy atom. The summed E-state index contributed by atoms with van der Waals surface area (Å²) in [6, 6.07) is 10.2. The highest BCUT2D eigenvalue weighted by Gasteiger charge is 2.42. The number of hydrogen-bond acceptors (Lipinski definition) is 4. The topological polar surface area (TPSA) is 59.8 Å². The summed E-state index contributed by atoms with van der Waals surface area (Å²) in [7, 11) is 0. The van der Waals surface area contributed by atoms with Gasteiger partial charge in [0, 0.05) is 11.7 Å². The molecule has 2 aliphatic rings. The summed E-state index contributed by atoms with van der Waals surface area (Å²) in [6.45, 7) is 2.17. The Balaban J connectivity index is 1.32. The first kappa shape index (κ1) is 16.6. The first-order valence-corrected chi connectivity index (χ1v) is 10.1. The molecule has 6 heteroatoms. The van der Waals surface area contributed by atoms with E-state index in [9.17, 15) is 4.79 Å². The molecule has 2 fully saturated rings. The number of aromatic nitrogens is 3. The molecule has 1 heterocycles. The lowest BCUT2D eigenvalue weighted by Crippen LogP contribution is -2.40. The lowest BCUT2D eigenvalue weighted by molar-refractivity contribution is -0.119. The van der Waals surface area contributed by atoms with Crippen LogP contribution in [0, 0.1) is 17.8 Å². The van der Waals surface area contributed by atoms with Crippen LogP contribution in [0.5, 0.6) is 0 Å². The van der Waals surface area contributed by atoms with Crippen molar-refractivity contribution in [3.8, 4) is 5.69 Å². The second-order valence-electron chi connectivity index (χ2n) is 7.30. The molecule has 0 unspecified atom stereocenters. The van der Waals surface area contributed by atoms with Crippen LogP contribution in [-0.2, 0) is 4.79 Å². The fourth-order valence-corrected chi connectivity index (χ4v) is 5.27. The van der Waals surface area contributed by atoms with E-state index in [0.29, 0.717) is 11.7 Å². The Morgan fingerprint density at radius 2 is 2.16 bits per heavy atom. The minimum absolute atomic E-state index is 0.0860. The summed E-state index contributed by atoms with van der Waals surface area (Å²) in [5.74, 6) is 2.86. The quantitative estimate of drug-likeness (QED) is 0.807. The van der Waals surface area contributed by atoms with Gasteiger partial charge >= 0.3 is 0 Å². The third kappa shape index (κ3) is 3.59. The predicted molar refractivity (Wildman–Crippen MR) is 98.6 cm³/mol. The van der Waals surface area contributed by atoms with Crippen molar-refractivity contribution >= 4 is 17.7 Å². The Bertz CT molecular complexity index is 732. The number of amides is 1. The van der Waals surface area contributed by atoms with Crippen molar-refractivity contribution in [2.24, 2.45) is 17.8 Å². The molecule has 4 atom stereocenters. The van der Waals surface area contributed by atoms with E-state index >= 15 is 0 Å². The molecule has 5 nitrogen and oxygen atoms in total. The van der Waals surface area contributed by atoms with Gasteiger partial charge < -0.3 is 5.32 Å². The van der Waals surface area contributed by atoms with Gasteiger partial charge in [-0.05, 0) is 56.1 Å². The van der Waals surface area contributed by atoms with Gasteiger partial charge in [-0.25, -0.2) is 0 Å². The van der Waals surface area contributed by atoms with Crippen LogP contribution < -0.4 is 5.32 Å². The monoisotopic (exact) mass is 356 g/mol. The van der Waals surface area contributed by atoms with Gasteiger partial charge in [0.15, 0.2) is 5.16 Å². The number of para-hydroxylation sites is 1. The van der Waals surface area contributed by atoms with Gasteiger partial charge in [-0.2, -0.15) is 0 Å². The summed E-state index contributed by atoms with van der Waals surface area (Å²) >= 11 is 1.43. The highest BCUT2D eigenvalue weighted by Crippen LogP contribution is 2.49. The molecule has 0 radical (unpaired) electrons. The molecular weight excluding hydrogens is 332 g/mol. The van der Waals surface area contributed by atoms with Crippen LogP contribution >= 0.6 is 11.8 Å². The number of carbonyl (C=O) groups is 1. The van der Waals surface area contributed by atoms with Gasteiger partial charge in [0.25, 0.3) is 0 Å². The number of benzene rings is 1. The molecule has 2 bridgehead atoms. The number of rotatable bonds is 6. The lowest BCUT2D eigenvalue weighted by Gasteiger charge is -2.28. The van der Waals surface area contributed by atoms with Crippen LogP contribution in [0.25, 0.3) is 5.69 Å². The predicted octanol–water partition coefficient (Wildman–Crippen LogP) is 3.30. The van der Waals surface area contributed by atoms with Crippen LogP contribution in [0.15, 0.2) is 41.8 Å². The van der Waals surface area contributed by atoms with Gasteiger partial charge in [0.2, 0.25) is 5.91 Å². The van der Waals surface area contributed by atoms with Crippen LogP contribution in [0.1, 0.15) is 32.6 Å². The van der Waals surface area contributed by atoms with Crippen molar-refractivity contribution in [1.82, 2.24) is 20.1 Å². The Kier molecular flexibility index (Phi) is 4.79. The van der Waals surface area contributed by atoms with Crippen molar-refractivity contribution < 1.29 is 4.79 Å². The molecule has 132 valence electrons. The van der Waals surface area contributed by atoms with Crippen molar-refractivity contribution in [3.63, 3.8) is 0 Å². The Labute approximate surface area is 152 Å². The van der Waals surface area contributed by atoms with E-state index in [2.05, 4.69) is 22.4 Å². The highest BCUT2D eigenvalue weighted by atomic mass is 32.2. The SMILES string of the molecule is C[C@@H](NC(=O)CSc1nncn1-c1ccccc1)[C@@H]1C[C@H]2CC[C@H]1C2. The summed E-state index contributed by atoms with van der Waals surface area (Å²) in [5.41, 5.74) is 1.01. The second-order valence-corrected chi connectivity index (χ2v) is 8.25. The molecule has 2 saturated carbocycles. The number of nitrogens with one attached hydrogen (secondary N) is 1. The van der Waals surface area contributed by atoms with Crippen molar-refractivity contribution in [1.29, 1.82) is 0 Å². The molecule has 1 aromatic heterocycles. The lowest BCUT2D eigenvalue weighted by atomic mass is 9.84. The van der Waals surface area contributed by atoms with E-state index in [0.717, 1.165) is 22.7 Å². The molecule has 1 amide bonds. The fraction of sp³-hybridized carbons (Fsp3) is 0.526. The van der Waals surface area contributed by atoms with Gasteiger partial charge in [-0.3, -0.25) is 9.36 Å². The molecule has 2 aliphatic carbocycles. The molecule has 25 heavy (non-hydrogen) atoms. The number of hydrogen-bond donors (Lipinski definition) is 1. The molecule has 1 aromatic carbocycles. The smallest absolute Gasteiger partial charge is 0.230 e. The molecule has 1 N–H and O–H groups in total. The summed E-state index contributed by atoms with van der Waals surface area (Å²) < 4.78 is 1.91. The first-order chi connectivity index (χ1) is 12.2. The zero-order chi connectivity index (χ0) is 17.2. The highest BCUT2D eigenvalue weighted by molar-refractivity contribution is 7.99. The van der Waals surface area contributed by atoms with Gasteiger partial charge in [0.1, 0.15) is 6.33 Å². The summed E-state index contributed by atoms with van der Waals surface area (Å²) in [4.78, 5) is 12.4. The number of fused-ring (bicyclic) bond motifs is 2.